The zero-order chi connectivity index (χ0) is 17.6. The van der Waals surface area contributed by atoms with Crippen molar-refractivity contribution in [2.45, 2.75) is 26.7 Å². The molecule has 2 rings (SSSR count). The number of benzene rings is 1. The average molecular weight is 460 g/mol. The lowest BCUT2D eigenvalue weighted by atomic mass is 9.93. The van der Waals surface area contributed by atoms with Crippen LogP contribution in [0.15, 0.2) is 23.2 Å². The van der Waals surface area contributed by atoms with E-state index in [9.17, 15) is 0 Å². The van der Waals surface area contributed by atoms with Crippen molar-refractivity contribution in [3.8, 4) is 5.75 Å². The molecule has 2 N–H and O–H groups in total. The van der Waals surface area contributed by atoms with Gasteiger partial charge in [0.2, 0.25) is 0 Å². The predicted octanol–water partition coefficient (Wildman–Crippen LogP) is 2.53. The van der Waals surface area contributed by atoms with Crippen molar-refractivity contribution in [3.05, 3.63) is 29.3 Å². The first-order valence-corrected chi connectivity index (χ1v) is 8.73. The van der Waals surface area contributed by atoms with E-state index in [-0.39, 0.29) is 29.4 Å². The van der Waals surface area contributed by atoms with Crippen LogP contribution in [0.3, 0.4) is 0 Å². The first kappa shape index (κ1) is 22.0. The maximum Gasteiger partial charge on any atom is 0.191 e. The zero-order valence-corrected chi connectivity index (χ0v) is 18.5. The third kappa shape index (κ3) is 7.40. The normalized spacial score (nSPS) is 13.9. The number of aliphatic imine (C=N–C) groups is 1. The van der Waals surface area contributed by atoms with Crippen molar-refractivity contribution in [2.75, 3.05) is 47.4 Å². The van der Waals surface area contributed by atoms with E-state index >= 15 is 0 Å². The molecular weight excluding hydrogens is 427 g/mol. The molecule has 0 saturated heterocycles. The molecule has 0 bridgehead atoms. The van der Waals surface area contributed by atoms with Gasteiger partial charge in [0.25, 0.3) is 0 Å². The summed E-state index contributed by atoms with van der Waals surface area (Å²) in [6.45, 7) is 8.14. The summed E-state index contributed by atoms with van der Waals surface area (Å²) in [5, 5.41) is 6.84. The van der Waals surface area contributed by atoms with E-state index in [1.165, 1.54) is 11.1 Å². The van der Waals surface area contributed by atoms with Crippen molar-refractivity contribution in [1.29, 1.82) is 0 Å². The average Bonchev–Trinajstić information content (AvgIpc) is 2.97. The standard InChI is InChI=1S/C19H32N4O.HI/c1-19(2,14-23(4)5)13-22-18(20-3)21-10-8-15-6-7-17-16(12-15)9-11-24-17;/h6-7,12H,8-11,13-14H2,1-5H3,(H2,20,21,22);1H. The molecule has 0 aromatic heterocycles. The molecule has 0 saturated carbocycles. The summed E-state index contributed by atoms with van der Waals surface area (Å²) in [5.41, 5.74) is 2.87. The van der Waals surface area contributed by atoms with Crippen LogP contribution in [0.4, 0.5) is 0 Å². The first-order valence-electron chi connectivity index (χ1n) is 8.73. The van der Waals surface area contributed by atoms with Crippen LogP contribution in [0.25, 0.3) is 0 Å². The molecule has 1 aliphatic heterocycles. The highest BCUT2D eigenvalue weighted by Gasteiger charge is 2.19. The van der Waals surface area contributed by atoms with Crippen LogP contribution in [0.2, 0.25) is 0 Å². The molecule has 1 aromatic rings. The van der Waals surface area contributed by atoms with Crippen LogP contribution in [-0.2, 0) is 12.8 Å². The molecule has 0 spiro atoms. The van der Waals surface area contributed by atoms with Gasteiger partial charge in [0.05, 0.1) is 6.61 Å². The monoisotopic (exact) mass is 460 g/mol. The number of nitrogens with one attached hydrogen (secondary N) is 2. The zero-order valence-electron chi connectivity index (χ0n) is 16.2. The Morgan fingerprint density at radius 2 is 2.04 bits per heavy atom. The maximum absolute atomic E-state index is 5.56. The lowest BCUT2D eigenvalue weighted by molar-refractivity contribution is 0.241. The summed E-state index contributed by atoms with van der Waals surface area (Å²) < 4.78 is 5.56. The molecule has 0 fully saturated rings. The lowest BCUT2D eigenvalue weighted by Gasteiger charge is -2.29. The molecule has 0 amide bonds. The summed E-state index contributed by atoms with van der Waals surface area (Å²) >= 11 is 0. The minimum absolute atomic E-state index is 0. The minimum Gasteiger partial charge on any atom is -0.493 e. The quantitative estimate of drug-likeness (QED) is 0.373. The van der Waals surface area contributed by atoms with Gasteiger partial charge in [-0.25, -0.2) is 0 Å². The van der Waals surface area contributed by atoms with E-state index in [0.29, 0.717) is 0 Å². The van der Waals surface area contributed by atoms with Crippen molar-refractivity contribution < 1.29 is 4.74 Å². The van der Waals surface area contributed by atoms with Gasteiger partial charge in [0.1, 0.15) is 5.75 Å². The lowest BCUT2D eigenvalue weighted by Crippen LogP contribution is -2.45. The maximum atomic E-state index is 5.56. The molecular formula is C19H33IN4O. The second kappa shape index (κ2) is 10.2. The number of ether oxygens (including phenoxy) is 1. The number of rotatable bonds is 7. The van der Waals surface area contributed by atoms with Gasteiger partial charge in [-0.2, -0.15) is 0 Å². The van der Waals surface area contributed by atoms with Crippen LogP contribution in [0.1, 0.15) is 25.0 Å². The van der Waals surface area contributed by atoms with Crippen LogP contribution < -0.4 is 15.4 Å². The fourth-order valence-corrected chi connectivity index (χ4v) is 3.18. The molecule has 0 aliphatic carbocycles. The highest BCUT2D eigenvalue weighted by molar-refractivity contribution is 14.0. The molecule has 1 aliphatic rings. The van der Waals surface area contributed by atoms with Gasteiger partial charge < -0.3 is 20.3 Å². The Morgan fingerprint density at radius 3 is 2.72 bits per heavy atom. The van der Waals surface area contributed by atoms with Gasteiger partial charge in [-0.05, 0) is 43.1 Å². The Kier molecular flexibility index (Phi) is 8.99. The summed E-state index contributed by atoms with van der Waals surface area (Å²) in [7, 11) is 6.04. The molecule has 5 nitrogen and oxygen atoms in total. The van der Waals surface area contributed by atoms with Crippen LogP contribution in [0.5, 0.6) is 5.75 Å². The smallest absolute Gasteiger partial charge is 0.191 e. The van der Waals surface area contributed by atoms with E-state index < -0.39 is 0 Å². The fraction of sp³-hybridized carbons (Fsp3) is 0.632. The molecule has 142 valence electrons. The Labute approximate surface area is 169 Å². The molecule has 6 heteroatoms. The van der Waals surface area contributed by atoms with Crippen molar-refractivity contribution >= 4 is 29.9 Å². The van der Waals surface area contributed by atoms with Crippen molar-refractivity contribution in [2.24, 2.45) is 10.4 Å². The van der Waals surface area contributed by atoms with E-state index in [2.05, 4.69) is 66.7 Å². The van der Waals surface area contributed by atoms with Gasteiger partial charge in [0, 0.05) is 33.1 Å². The van der Waals surface area contributed by atoms with Crippen LogP contribution >= 0.6 is 24.0 Å². The molecule has 0 radical (unpaired) electrons. The highest BCUT2D eigenvalue weighted by atomic mass is 127. The second-order valence-electron chi connectivity index (χ2n) is 7.55. The van der Waals surface area contributed by atoms with E-state index in [1.807, 2.05) is 7.05 Å². The number of nitrogens with zero attached hydrogens (tertiary/aromatic N) is 2. The Balaban J connectivity index is 0.00000312. The van der Waals surface area contributed by atoms with Gasteiger partial charge in [-0.1, -0.05) is 26.0 Å². The van der Waals surface area contributed by atoms with E-state index in [4.69, 9.17) is 4.74 Å². The van der Waals surface area contributed by atoms with E-state index in [0.717, 1.165) is 50.8 Å². The molecule has 0 atom stereocenters. The minimum atomic E-state index is 0. The third-order valence-corrected chi connectivity index (χ3v) is 4.16. The Hall–Kier alpha value is -1.02. The van der Waals surface area contributed by atoms with E-state index in [1.54, 1.807) is 0 Å². The predicted molar refractivity (Wildman–Crippen MR) is 116 cm³/mol. The van der Waals surface area contributed by atoms with Crippen LogP contribution in [0, 0.1) is 5.41 Å². The molecule has 1 aromatic carbocycles. The van der Waals surface area contributed by atoms with Gasteiger partial charge in [-0.15, -0.1) is 24.0 Å². The van der Waals surface area contributed by atoms with Crippen molar-refractivity contribution in [3.63, 3.8) is 0 Å². The first-order chi connectivity index (χ1) is 11.4. The number of hydrogen-bond donors (Lipinski definition) is 2. The van der Waals surface area contributed by atoms with Gasteiger partial charge in [0.15, 0.2) is 5.96 Å². The number of halogens is 1. The summed E-state index contributed by atoms with van der Waals surface area (Å²) in [6, 6.07) is 6.51. The number of fused-ring (bicyclic) bond motifs is 1. The second-order valence-corrected chi connectivity index (χ2v) is 7.55. The number of guanidine groups is 1. The highest BCUT2D eigenvalue weighted by Crippen LogP contribution is 2.25. The molecule has 25 heavy (non-hydrogen) atoms. The topological polar surface area (TPSA) is 48.9 Å². The van der Waals surface area contributed by atoms with Crippen molar-refractivity contribution in [1.82, 2.24) is 15.5 Å². The summed E-state index contributed by atoms with van der Waals surface area (Å²) in [6.07, 6.45) is 2.01. The largest absolute Gasteiger partial charge is 0.493 e. The summed E-state index contributed by atoms with van der Waals surface area (Å²) in [4.78, 5) is 6.54. The third-order valence-electron chi connectivity index (χ3n) is 4.16. The fourth-order valence-electron chi connectivity index (χ4n) is 3.18. The van der Waals surface area contributed by atoms with Crippen LogP contribution in [-0.4, -0.2) is 58.2 Å². The SMILES string of the molecule is CN=C(NCCc1ccc2c(c1)CCO2)NCC(C)(C)CN(C)C.I. The van der Waals surface area contributed by atoms with Gasteiger partial charge >= 0.3 is 0 Å². The Bertz CT molecular complexity index is 573. The molecule has 1 heterocycles. The Morgan fingerprint density at radius 1 is 1.28 bits per heavy atom. The summed E-state index contributed by atoms with van der Waals surface area (Å²) in [5.74, 6) is 1.92. The van der Waals surface area contributed by atoms with Gasteiger partial charge in [-0.3, -0.25) is 4.99 Å². The number of hydrogen-bond acceptors (Lipinski definition) is 3. The molecule has 0 unspecified atom stereocenters.